The minimum absolute atomic E-state index is 0.185. The molecule has 0 aliphatic heterocycles. The Balaban J connectivity index is 2.63. The first-order valence-electron chi connectivity index (χ1n) is 5.32. The van der Waals surface area contributed by atoms with E-state index in [0.717, 1.165) is 0 Å². The van der Waals surface area contributed by atoms with Crippen LogP contribution in [0.3, 0.4) is 0 Å². The Morgan fingerprint density at radius 2 is 2.11 bits per heavy atom. The summed E-state index contributed by atoms with van der Waals surface area (Å²) >= 11 is 5.90. The summed E-state index contributed by atoms with van der Waals surface area (Å²) in [5, 5.41) is 0.544. The van der Waals surface area contributed by atoms with E-state index >= 15 is 0 Å². The third-order valence-corrected chi connectivity index (χ3v) is 2.71. The minimum atomic E-state index is -0.284. The van der Waals surface area contributed by atoms with E-state index in [0.29, 0.717) is 22.1 Å². The summed E-state index contributed by atoms with van der Waals surface area (Å²) in [5.74, 6) is 0.605. The predicted octanol–water partition coefficient (Wildman–Crippen LogP) is 1.74. The Morgan fingerprint density at radius 3 is 2.67 bits per heavy atom. The molecule has 0 aliphatic rings. The van der Waals surface area contributed by atoms with E-state index in [1.54, 1.807) is 43.3 Å². The molecule has 2 rings (SSSR count). The van der Waals surface area contributed by atoms with Crippen LogP contribution >= 0.6 is 11.6 Å². The molecule has 18 heavy (non-hydrogen) atoms. The lowest BCUT2D eigenvalue weighted by Crippen LogP contribution is -2.21. The van der Waals surface area contributed by atoms with Crippen LogP contribution in [0.5, 0.6) is 0 Å². The molecule has 1 aromatic heterocycles. The second-order valence-electron chi connectivity index (χ2n) is 4.05. The molecule has 0 amide bonds. The highest BCUT2D eigenvalue weighted by Gasteiger charge is 2.12. The molecule has 6 heteroatoms. The van der Waals surface area contributed by atoms with Gasteiger partial charge < -0.3 is 10.6 Å². The molecule has 2 aromatic rings. The Hall–Kier alpha value is -2.01. The van der Waals surface area contributed by atoms with Crippen molar-refractivity contribution in [3.05, 3.63) is 39.6 Å². The topological polar surface area (TPSA) is 75.0 Å². The van der Waals surface area contributed by atoms with Crippen LogP contribution in [-0.4, -0.2) is 24.1 Å². The molecule has 0 spiro atoms. The number of aromatic nitrogens is 2. The van der Waals surface area contributed by atoms with Gasteiger partial charge in [0.25, 0.3) is 5.56 Å². The summed E-state index contributed by atoms with van der Waals surface area (Å²) in [7, 11) is 3.55. The number of rotatable bonds is 2. The number of halogens is 1. The standard InChI is InChI=1S/C12H13ClN4O/c1-17(2)12-15-10(14)9(11(18)16-12)7-4-3-5-8(13)6-7/h3-6H,1-2H3,(H3,14,15,16,18). The molecule has 1 aromatic carbocycles. The lowest BCUT2D eigenvalue weighted by Gasteiger charge is -2.12. The van der Waals surface area contributed by atoms with E-state index in [1.165, 1.54) is 0 Å². The molecule has 0 aliphatic carbocycles. The molecule has 0 saturated heterocycles. The average Bonchev–Trinajstić information content (AvgIpc) is 2.27. The monoisotopic (exact) mass is 264 g/mol. The molecule has 0 saturated carbocycles. The quantitative estimate of drug-likeness (QED) is 0.866. The van der Waals surface area contributed by atoms with Gasteiger partial charge in [0.05, 0.1) is 5.56 Å². The molecular weight excluding hydrogens is 252 g/mol. The van der Waals surface area contributed by atoms with Crippen LogP contribution in [-0.2, 0) is 0 Å². The number of nitrogens with zero attached hydrogens (tertiary/aromatic N) is 2. The van der Waals surface area contributed by atoms with Crippen molar-refractivity contribution in [1.82, 2.24) is 9.97 Å². The predicted molar refractivity (Wildman–Crippen MR) is 74.0 cm³/mol. The Labute approximate surface area is 109 Å². The van der Waals surface area contributed by atoms with E-state index < -0.39 is 0 Å². The van der Waals surface area contributed by atoms with Gasteiger partial charge in [0.15, 0.2) is 0 Å². The third-order valence-electron chi connectivity index (χ3n) is 2.47. The van der Waals surface area contributed by atoms with Gasteiger partial charge in [-0.1, -0.05) is 23.7 Å². The fourth-order valence-corrected chi connectivity index (χ4v) is 1.80. The van der Waals surface area contributed by atoms with E-state index in [2.05, 4.69) is 9.97 Å². The van der Waals surface area contributed by atoms with Crippen LogP contribution in [0.1, 0.15) is 0 Å². The highest BCUT2D eigenvalue weighted by atomic mass is 35.5. The highest BCUT2D eigenvalue weighted by Crippen LogP contribution is 2.24. The van der Waals surface area contributed by atoms with E-state index in [1.807, 2.05) is 0 Å². The molecule has 0 fully saturated rings. The zero-order valence-corrected chi connectivity index (χ0v) is 10.8. The van der Waals surface area contributed by atoms with Crippen LogP contribution in [0.25, 0.3) is 11.1 Å². The van der Waals surface area contributed by atoms with Gasteiger partial charge in [-0.2, -0.15) is 4.98 Å². The number of aromatic amines is 1. The maximum atomic E-state index is 12.0. The number of nitrogen functional groups attached to an aromatic ring is 1. The van der Waals surface area contributed by atoms with Gasteiger partial charge in [-0.25, -0.2) is 0 Å². The van der Waals surface area contributed by atoms with Crippen molar-refractivity contribution in [2.24, 2.45) is 0 Å². The molecule has 0 atom stereocenters. The van der Waals surface area contributed by atoms with Crippen LogP contribution < -0.4 is 16.2 Å². The van der Waals surface area contributed by atoms with Crippen molar-refractivity contribution in [2.45, 2.75) is 0 Å². The van der Waals surface area contributed by atoms with E-state index in [4.69, 9.17) is 17.3 Å². The number of benzene rings is 1. The SMILES string of the molecule is CN(C)c1nc(N)c(-c2cccc(Cl)c2)c(=O)[nH]1. The molecule has 1 heterocycles. The molecule has 5 nitrogen and oxygen atoms in total. The van der Waals surface area contributed by atoms with Gasteiger partial charge in [-0.15, -0.1) is 0 Å². The fourth-order valence-electron chi connectivity index (χ4n) is 1.61. The third kappa shape index (κ3) is 2.31. The van der Waals surface area contributed by atoms with Gasteiger partial charge in [0, 0.05) is 19.1 Å². The number of nitrogens with one attached hydrogen (secondary N) is 1. The summed E-state index contributed by atoms with van der Waals surface area (Å²) < 4.78 is 0. The van der Waals surface area contributed by atoms with Gasteiger partial charge in [-0.3, -0.25) is 9.78 Å². The van der Waals surface area contributed by atoms with Crippen LogP contribution in [0.2, 0.25) is 5.02 Å². The summed E-state index contributed by atoms with van der Waals surface area (Å²) in [6, 6.07) is 6.94. The van der Waals surface area contributed by atoms with Gasteiger partial charge >= 0.3 is 0 Å². The summed E-state index contributed by atoms with van der Waals surface area (Å²) in [6.07, 6.45) is 0. The number of hydrogen-bond acceptors (Lipinski definition) is 4. The van der Waals surface area contributed by atoms with Crippen LogP contribution in [0.4, 0.5) is 11.8 Å². The summed E-state index contributed by atoms with van der Waals surface area (Å²) in [4.78, 5) is 20.5. The number of nitrogens with two attached hydrogens (primary N) is 1. The summed E-state index contributed by atoms with van der Waals surface area (Å²) in [6.45, 7) is 0. The van der Waals surface area contributed by atoms with Crippen LogP contribution in [0, 0.1) is 0 Å². The van der Waals surface area contributed by atoms with E-state index in [-0.39, 0.29) is 11.4 Å². The second-order valence-corrected chi connectivity index (χ2v) is 4.49. The van der Waals surface area contributed by atoms with Crippen molar-refractivity contribution in [2.75, 3.05) is 24.7 Å². The smallest absolute Gasteiger partial charge is 0.262 e. The molecule has 0 radical (unpaired) electrons. The fraction of sp³-hybridized carbons (Fsp3) is 0.167. The largest absolute Gasteiger partial charge is 0.383 e. The first-order chi connectivity index (χ1) is 8.49. The number of hydrogen-bond donors (Lipinski definition) is 2. The van der Waals surface area contributed by atoms with Crippen LogP contribution in [0.15, 0.2) is 29.1 Å². The Kier molecular flexibility index (Phi) is 3.25. The summed E-state index contributed by atoms with van der Waals surface area (Å²) in [5.41, 5.74) is 6.55. The molecule has 3 N–H and O–H groups in total. The molecular formula is C12H13ClN4O. The lowest BCUT2D eigenvalue weighted by molar-refractivity contribution is 0.987. The maximum absolute atomic E-state index is 12.0. The number of H-pyrrole nitrogens is 1. The van der Waals surface area contributed by atoms with Crippen molar-refractivity contribution in [3.8, 4) is 11.1 Å². The van der Waals surface area contributed by atoms with E-state index in [9.17, 15) is 4.79 Å². The highest BCUT2D eigenvalue weighted by molar-refractivity contribution is 6.30. The zero-order chi connectivity index (χ0) is 13.3. The first kappa shape index (κ1) is 12.4. The molecule has 94 valence electrons. The van der Waals surface area contributed by atoms with Crippen molar-refractivity contribution in [1.29, 1.82) is 0 Å². The second kappa shape index (κ2) is 4.70. The lowest BCUT2D eigenvalue weighted by atomic mass is 10.1. The Morgan fingerprint density at radius 1 is 1.39 bits per heavy atom. The Bertz CT molecular complexity index is 636. The van der Waals surface area contributed by atoms with Gasteiger partial charge in [0.2, 0.25) is 5.95 Å². The van der Waals surface area contributed by atoms with Gasteiger partial charge in [-0.05, 0) is 17.7 Å². The zero-order valence-electron chi connectivity index (χ0n) is 10.1. The van der Waals surface area contributed by atoms with Crippen molar-refractivity contribution >= 4 is 23.4 Å². The first-order valence-corrected chi connectivity index (χ1v) is 5.70. The average molecular weight is 265 g/mol. The van der Waals surface area contributed by atoms with Crippen molar-refractivity contribution in [3.63, 3.8) is 0 Å². The number of anilines is 2. The minimum Gasteiger partial charge on any atom is -0.383 e. The normalized spacial score (nSPS) is 10.4. The molecule has 0 unspecified atom stereocenters. The molecule has 0 bridgehead atoms. The maximum Gasteiger partial charge on any atom is 0.262 e. The van der Waals surface area contributed by atoms with Crippen molar-refractivity contribution < 1.29 is 0 Å². The van der Waals surface area contributed by atoms with Gasteiger partial charge in [0.1, 0.15) is 5.82 Å².